The van der Waals surface area contributed by atoms with Crippen LogP contribution in [0.1, 0.15) is 16.2 Å². The highest BCUT2D eigenvalue weighted by Crippen LogP contribution is 2.24. The third-order valence-electron chi connectivity index (χ3n) is 3.61. The van der Waals surface area contributed by atoms with Crippen molar-refractivity contribution in [1.82, 2.24) is 30.6 Å². The lowest BCUT2D eigenvalue weighted by molar-refractivity contribution is 0.102. The van der Waals surface area contributed by atoms with E-state index >= 15 is 0 Å². The van der Waals surface area contributed by atoms with Gasteiger partial charge in [0.25, 0.3) is 5.91 Å². The highest BCUT2D eigenvalue weighted by molar-refractivity contribution is 9.10. The highest BCUT2D eigenvalue weighted by atomic mass is 79.9. The average Bonchev–Trinajstić information content (AvgIpc) is 3.33. The zero-order chi connectivity index (χ0) is 17.9. The highest BCUT2D eigenvalue weighted by Gasteiger charge is 2.11. The van der Waals surface area contributed by atoms with E-state index in [1.165, 1.54) is 0 Å². The van der Waals surface area contributed by atoms with Crippen LogP contribution in [0.5, 0.6) is 5.75 Å². The Morgan fingerprint density at radius 3 is 2.85 bits per heavy atom. The Hall–Kier alpha value is -3.27. The van der Waals surface area contributed by atoms with Crippen molar-refractivity contribution >= 4 is 38.6 Å². The van der Waals surface area contributed by atoms with Crippen LogP contribution >= 0.6 is 15.9 Å². The van der Waals surface area contributed by atoms with Gasteiger partial charge in [0.2, 0.25) is 5.82 Å². The van der Waals surface area contributed by atoms with Gasteiger partial charge in [0, 0.05) is 15.7 Å². The fraction of sp³-hybridized carbons (Fsp3) is 0.0625. The number of benzene rings is 2. The Labute approximate surface area is 155 Å². The van der Waals surface area contributed by atoms with E-state index in [1.807, 2.05) is 0 Å². The van der Waals surface area contributed by atoms with Gasteiger partial charge >= 0.3 is 0 Å². The molecule has 0 atom stereocenters. The van der Waals surface area contributed by atoms with Crippen LogP contribution in [0.3, 0.4) is 0 Å². The number of fused-ring (bicyclic) bond motifs is 1. The summed E-state index contributed by atoms with van der Waals surface area (Å²) in [6, 6.07) is 10.5. The van der Waals surface area contributed by atoms with Gasteiger partial charge in [-0.25, -0.2) is 4.98 Å². The molecule has 4 rings (SSSR count). The summed E-state index contributed by atoms with van der Waals surface area (Å²) in [7, 11) is 0. The Kier molecular flexibility index (Phi) is 4.32. The van der Waals surface area contributed by atoms with Gasteiger partial charge in [-0.05, 0) is 52.3 Å². The first kappa shape index (κ1) is 16.2. The van der Waals surface area contributed by atoms with Crippen molar-refractivity contribution in [3.8, 4) is 5.75 Å². The van der Waals surface area contributed by atoms with Crippen LogP contribution in [0.2, 0.25) is 0 Å². The maximum Gasteiger partial charge on any atom is 0.255 e. The topological polar surface area (TPSA) is 121 Å². The van der Waals surface area contributed by atoms with E-state index in [-0.39, 0.29) is 12.5 Å². The molecule has 3 N–H and O–H groups in total. The van der Waals surface area contributed by atoms with Gasteiger partial charge in [0.1, 0.15) is 11.3 Å². The molecule has 2 aromatic heterocycles. The summed E-state index contributed by atoms with van der Waals surface area (Å²) in [6.45, 7) is 0.209. The van der Waals surface area contributed by atoms with E-state index in [1.54, 1.807) is 42.7 Å². The predicted octanol–water partition coefficient (Wildman–Crippen LogP) is 2.67. The lowest BCUT2D eigenvalue weighted by Gasteiger charge is -2.08. The monoisotopic (exact) mass is 413 g/mol. The molecule has 0 saturated carbocycles. The minimum absolute atomic E-state index is 0.209. The summed E-state index contributed by atoms with van der Waals surface area (Å²) in [6.07, 6.45) is 1.59. The van der Waals surface area contributed by atoms with Crippen molar-refractivity contribution < 1.29 is 9.53 Å². The molecule has 0 aliphatic carbocycles. The third-order valence-corrected chi connectivity index (χ3v) is 4.21. The number of halogens is 1. The molecule has 4 aromatic rings. The number of H-pyrrole nitrogens is 2. The molecule has 130 valence electrons. The fourth-order valence-corrected chi connectivity index (χ4v) is 2.93. The standard InChI is InChI=1S/C16H12BrN7O2/c17-12-5-9(6-13-15(12)19-8-18-13)16(25)20-10-1-3-11(4-2-10)26-7-14-21-23-24-22-14/h1-6,8H,7H2,(H,18,19)(H,20,25)(H,21,22,23,24). The molecule has 9 nitrogen and oxygen atoms in total. The number of amides is 1. The van der Waals surface area contributed by atoms with Crippen molar-refractivity contribution in [1.29, 1.82) is 0 Å². The summed E-state index contributed by atoms with van der Waals surface area (Å²) in [5.41, 5.74) is 2.74. The predicted molar refractivity (Wildman–Crippen MR) is 96.7 cm³/mol. The largest absolute Gasteiger partial charge is 0.485 e. The molecule has 0 aliphatic rings. The van der Waals surface area contributed by atoms with Gasteiger partial charge in [-0.2, -0.15) is 5.21 Å². The molecular formula is C16H12BrN7O2. The van der Waals surface area contributed by atoms with Gasteiger partial charge in [-0.15, -0.1) is 10.2 Å². The number of hydrogen-bond donors (Lipinski definition) is 3. The SMILES string of the molecule is O=C(Nc1ccc(OCc2nn[nH]n2)cc1)c1cc(Br)c2nc[nH]c2c1. The number of nitrogens with zero attached hydrogens (tertiary/aromatic N) is 4. The zero-order valence-corrected chi connectivity index (χ0v) is 14.8. The molecule has 2 aromatic carbocycles. The number of rotatable bonds is 5. The van der Waals surface area contributed by atoms with E-state index in [0.717, 1.165) is 15.5 Å². The number of tetrazole rings is 1. The number of aromatic amines is 2. The van der Waals surface area contributed by atoms with Crippen LogP contribution in [-0.4, -0.2) is 36.5 Å². The number of anilines is 1. The lowest BCUT2D eigenvalue weighted by Crippen LogP contribution is -2.11. The second-order valence-corrected chi connectivity index (χ2v) is 6.21. The summed E-state index contributed by atoms with van der Waals surface area (Å²) < 4.78 is 6.29. The molecule has 26 heavy (non-hydrogen) atoms. The van der Waals surface area contributed by atoms with Crippen molar-refractivity contribution in [3.63, 3.8) is 0 Å². The molecule has 10 heteroatoms. The molecule has 0 unspecified atom stereocenters. The summed E-state index contributed by atoms with van der Waals surface area (Å²) in [5, 5.41) is 16.3. The van der Waals surface area contributed by atoms with Crippen LogP contribution in [-0.2, 0) is 6.61 Å². The number of aromatic nitrogens is 6. The Balaban J connectivity index is 1.43. The van der Waals surface area contributed by atoms with Gasteiger partial charge in [-0.1, -0.05) is 5.21 Å². The lowest BCUT2D eigenvalue weighted by atomic mass is 10.2. The van der Waals surface area contributed by atoms with Crippen molar-refractivity contribution in [2.75, 3.05) is 5.32 Å². The van der Waals surface area contributed by atoms with E-state index in [2.05, 4.69) is 51.8 Å². The molecule has 0 radical (unpaired) electrons. The van der Waals surface area contributed by atoms with E-state index in [9.17, 15) is 4.79 Å². The molecule has 0 bridgehead atoms. The number of imidazole rings is 1. The normalized spacial score (nSPS) is 10.8. The minimum atomic E-state index is -0.220. The van der Waals surface area contributed by atoms with Gasteiger partial charge in [-0.3, -0.25) is 4.79 Å². The van der Waals surface area contributed by atoms with Crippen molar-refractivity contribution in [2.45, 2.75) is 6.61 Å². The number of carbonyl (C=O) groups is 1. The van der Waals surface area contributed by atoms with E-state index in [0.29, 0.717) is 22.8 Å². The molecule has 1 amide bonds. The first-order chi connectivity index (χ1) is 12.7. The maximum absolute atomic E-state index is 12.5. The van der Waals surface area contributed by atoms with Crippen molar-refractivity contribution in [3.05, 3.63) is 58.6 Å². The third kappa shape index (κ3) is 3.40. The van der Waals surface area contributed by atoms with Gasteiger partial charge in [0.15, 0.2) is 6.61 Å². The van der Waals surface area contributed by atoms with Crippen LogP contribution in [0, 0.1) is 0 Å². The first-order valence-corrected chi connectivity index (χ1v) is 8.37. The minimum Gasteiger partial charge on any atom is -0.485 e. The molecule has 0 fully saturated rings. The smallest absolute Gasteiger partial charge is 0.255 e. The second-order valence-electron chi connectivity index (χ2n) is 5.35. The quantitative estimate of drug-likeness (QED) is 0.462. The number of nitrogens with one attached hydrogen (secondary N) is 3. The molecule has 0 aliphatic heterocycles. The van der Waals surface area contributed by atoms with E-state index in [4.69, 9.17) is 4.74 Å². The first-order valence-electron chi connectivity index (χ1n) is 7.58. The van der Waals surface area contributed by atoms with Crippen molar-refractivity contribution in [2.24, 2.45) is 0 Å². The van der Waals surface area contributed by atoms with Gasteiger partial charge < -0.3 is 15.0 Å². The number of ether oxygens (including phenoxy) is 1. The number of hydrogen-bond acceptors (Lipinski definition) is 6. The second kappa shape index (κ2) is 6.92. The van der Waals surface area contributed by atoms with Crippen LogP contribution in [0.25, 0.3) is 11.0 Å². The Bertz CT molecular complexity index is 1040. The van der Waals surface area contributed by atoms with Crippen LogP contribution in [0.4, 0.5) is 5.69 Å². The van der Waals surface area contributed by atoms with Gasteiger partial charge in [0.05, 0.1) is 11.8 Å². The van der Waals surface area contributed by atoms with E-state index < -0.39 is 0 Å². The number of carbonyl (C=O) groups excluding carboxylic acids is 1. The zero-order valence-electron chi connectivity index (χ0n) is 13.2. The summed E-state index contributed by atoms with van der Waals surface area (Å²) in [5.74, 6) is 0.874. The summed E-state index contributed by atoms with van der Waals surface area (Å²) >= 11 is 3.43. The Morgan fingerprint density at radius 2 is 2.08 bits per heavy atom. The molecular weight excluding hydrogens is 402 g/mol. The maximum atomic E-state index is 12.5. The Morgan fingerprint density at radius 1 is 1.23 bits per heavy atom. The fourth-order valence-electron chi connectivity index (χ4n) is 2.37. The average molecular weight is 414 g/mol. The molecule has 0 spiro atoms. The molecule has 0 saturated heterocycles. The summed E-state index contributed by atoms with van der Waals surface area (Å²) in [4.78, 5) is 19.7. The van der Waals surface area contributed by atoms with Crippen LogP contribution < -0.4 is 10.1 Å². The molecule has 2 heterocycles. The van der Waals surface area contributed by atoms with Crippen LogP contribution in [0.15, 0.2) is 47.2 Å².